The smallest absolute Gasteiger partial charge is 0.336 e. The fraction of sp³-hybridized carbons (Fsp3) is 0.700. The van der Waals surface area contributed by atoms with E-state index in [1.807, 2.05) is 0 Å². The molecule has 1 aliphatic rings. The summed E-state index contributed by atoms with van der Waals surface area (Å²) in [5.41, 5.74) is -2.66. The first-order chi connectivity index (χ1) is 8.83. The van der Waals surface area contributed by atoms with E-state index >= 15 is 0 Å². The normalized spacial score (nSPS) is 18.4. The molecule has 1 atom stereocenters. The molecule has 116 valence electrons. The number of nitrogens with zero attached hydrogens (tertiary/aromatic N) is 1. The largest absolute Gasteiger partial charge is 0.481 e. The molecule has 1 heterocycles. The van der Waals surface area contributed by atoms with Gasteiger partial charge in [0.15, 0.2) is 5.60 Å². The summed E-state index contributed by atoms with van der Waals surface area (Å²) in [6.45, 7) is 2.11. The van der Waals surface area contributed by atoms with Gasteiger partial charge in [0.25, 0.3) is 0 Å². The highest BCUT2D eigenvalue weighted by Gasteiger charge is 2.41. The minimum atomic E-state index is -2.66. The number of hydroxylamine groups is 2. The predicted molar refractivity (Wildman–Crippen MR) is 63.6 cm³/mol. The lowest BCUT2D eigenvalue weighted by atomic mass is 9.96. The molecule has 0 aromatic heterocycles. The third-order valence-electron chi connectivity index (χ3n) is 2.59. The summed E-state index contributed by atoms with van der Waals surface area (Å²) in [6, 6.07) is 0. The van der Waals surface area contributed by atoms with E-state index in [9.17, 15) is 19.5 Å². The Bertz CT molecular complexity index is 368. The van der Waals surface area contributed by atoms with Crippen molar-refractivity contribution < 1.29 is 40.0 Å². The Morgan fingerprint density at radius 1 is 1.15 bits per heavy atom. The van der Waals surface area contributed by atoms with Crippen LogP contribution < -0.4 is 5.32 Å². The van der Waals surface area contributed by atoms with Crippen molar-refractivity contribution >= 4 is 17.9 Å². The van der Waals surface area contributed by atoms with E-state index in [0.29, 0.717) is 26.2 Å². The van der Waals surface area contributed by atoms with Crippen molar-refractivity contribution in [2.45, 2.75) is 18.4 Å². The van der Waals surface area contributed by atoms with Crippen molar-refractivity contribution in [2.75, 3.05) is 26.2 Å². The van der Waals surface area contributed by atoms with Crippen molar-refractivity contribution in [3.63, 3.8) is 0 Å². The second-order valence-electron chi connectivity index (χ2n) is 4.23. The van der Waals surface area contributed by atoms with Gasteiger partial charge in [-0.2, -0.15) is 0 Å². The number of hydrogen-bond acceptors (Lipinski definition) is 7. The topological polar surface area (TPSA) is 168 Å². The van der Waals surface area contributed by atoms with E-state index < -0.39 is 36.4 Å². The van der Waals surface area contributed by atoms with Gasteiger partial charge in [-0.3, -0.25) is 9.59 Å². The van der Waals surface area contributed by atoms with E-state index in [1.54, 1.807) is 0 Å². The zero-order valence-corrected chi connectivity index (χ0v) is 10.7. The molecule has 20 heavy (non-hydrogen) atoms. The van der Waals surface area contributed by atoms with Gasteiger partial charge in [0.2, 0.25) is 0 Å². The fourth-order valence-corrected chi connectivity index (χ4v) is 1.61. The number of carboxylic acids is 2. The lowest BCUT2D eigenvalue weighted by molar-refractivity contribution is -0.200. The molecule has 1 unspecified atom stereocenters. The van der Waals surface area contributed by atoms with Gasteiger partial charge in [-0.25, -0.2) is 4.79 Å². The summed E-state index contributed by atoms with van der Waals surface area (Å²) in [4.78, 5) is 37.7. The third kappa shape index (κ3) is 5.48. The van der Waals surface area contributed by atoms with Crippen LogP contribution in [-0.2, 0) is 19.2 Å². The van der Waals surface area contributed by atoms with E-state index in [2.05, 4.69) is 5.32 Å². The van der Waals surface area contributed by atoms with Crippen LogP contribution in [0.3, 0.4) is 0 Å². The molecule has 0 bridgehead atoms. The average molecular weight is 294 g/mol. The van der Waals surface area contributed by atoms with Gasteiger partial charge in [0.1, 0.15) is 0 Å². The molecule has 6 N–H and O–H groups in total. The maximum absolute atomic E-state index is 11.5. The number of aliphatic carboxylic acids is 2. The zero-order chi connectivity index (χ0) is 14.5. The predicted octanol–water partition coefficient (Wildman–Crippen LogP) is -2.79. The van der Waals surface area contributed by atoms with Crippen molar-refractivity contribution in [3.05, 3.63) is 0 Å². The number of rotatable bonds is 6. The number of carboxylic acid groups (broad SMARTS) is 2. The SMILES string of the molecule is O.O=C(O)CC(O)(CC(=O)ON1CCNCC1)C(=O)O. The minimum Gasteiger partial charge on any atom is -0.481 e. The number of nitrogens with one attached hydrogen (secondary N) is 1. The van der Waals surface area contributed by atoms with E-state index in [-0.39, 0.29) is 5.48 Å². The molecular weight excluding hydrogens is 276 g/mol. The molecular formula is C10H18N2O8. The Morgan fingerprint density at radius 3 is 2.15 bits per heavy atom. The van der Waals surface area contributed by atoms with Gasteiger partial charge < -0.3 is 31.0 Å². The van der Waals surface area contributed by atoms with Crippen LogP contribution in [0, 0.1) is 0 Å². The molecule has 0 radical (unpaired) electrons. The van der Waals surface area contributed by atoms with Gasteiger partial charge in [-0.05, 0) is 0 Å². The van der Waals surface area contributed by atoms with Crippen LogP contribution in [0.25, 0.3) is 0 Å². The summed E-state index contributed by atoms with van der Waals surface area (Å²) >= 11 is 0. The Balaban J connectivity index is 0.00000361. The van der Waals surface area contributed by atoms with Crippen molar-refractivity contribution in [2.24, 2.45) is 0 Å². The molecule has 1 aliphatic heterocycles. The number of hydrogen-bond donors (Lipinski definition) is 4. The third-order valence-corrected chi connectivity index (χ3v) is 2.59. The number of piperazine rings is 1. The summed E-state index contributed by atoms with van der Waals surface area (Å²) in [7, 11) is 0. The van der Waals surface area contributed by atoms with Crippen molar-refractivity contribution in [1.82, 2.24) is 10.4 Å². The quantitative estimate of drug-likeness (QED) is 0.404. The number of aliphatic hydroxyl groups is 1. The van der Waals surface area contributed by atoms with Crippen LogP contribution in [0.15, 0.2) is 0 Å². The second-order valence-corrected chi connectivity index (χ2v) is 4.23. The first-order valence-electron chi connectivity index (χ1n) is 5.67. The highest BCUT2D eigenvalue weighted by molar-refractivity contribution is 5.88. The molecule has 1 fully saturated rings. The summed E-state index contributed by atoms with van der Waals surface area (Å²) in [5.74, 6) is -4.26. The Hall–Kier alpha value is -1.75. The molecule has 0 amide bonds. The molecule has 0 aliphatic carbocycles. The zero-order valence-electron chi connectivity index (χ0n) is 10.7. The number of carbonyl (C=O) groups excluding carboxylic acids is 1. The Kier molecular flexibility index (Phi) is 7.07. The van der Waals surface area contributed by atoms with Gasteiger partial charge in [-0.1, -0.05) is 0 Å². The van der Waals surface area contributed by atoms with Crippen LogP contribution in [0.5, 0.6) is 0 Å². The van der Waals surface area contributed by atoms with Gasteiger partial charge >= 0.3 is 17.9 Å². The molecule has 10 nitrogen and oxygen atoms in total. The minimum absolute atomic E-state index is 0. The molecule has 0 spiro atoms. The lowest BCUT2D eigenvalue weighted by Gasteiger charge is -2.27. The maximum atomic E-state index is 11.5. The standard InChI is InChI=1S/C10H16N2O7.H2O/c13-7(14)5-10(18,9(16)17)6-8(15)19-12-3-1-11-2-4-12;/h11,18H,1-6H2,(H,13,14)(H,16,17);1H2. The molecule has 10 heteroatoms. The average Bonchev–Trinajstić information content (AvgIpc) is 2.28. The van der Waals surface area contributed by atoms with Crippen LogP contribution in [-0.4, -0.2) is 75.5 Å². The lowest BCUT2D eigenvalue weighted by Crippen LogP contribution is -2.47. The van der Waals surface area contributed by atoms with Gasteiger partial charge in [0, 0.05) is 26.2 Å². The summed E-state index contributed by atoms with van der Waals surface area (Å²) < 4.78 is 0. The van der Waals surface area contributed by atoms with Crippen LogP contribution in [0.4, 0.5) is 0 Å². The van der Waals surface area contributed by atoms with Gasteiger partial charge in [-0.15, -0.1) is 5.06 Å². The molecule has 0 aromatic carbocycles. The maximum Gasteiger partial charge on any atom is 0.336 e. The number of carbonyl (C=O) groups is 3. The molecule has 0 aromatic rings. The van der Waals surface area contributed by atoms with Crippen molar-refractivity contribution in [1.29, 1.82) is 0 Å². The van der Waals surface area contributed by atoms with E-state index in [4.69, 9.17) is 15.1 Å². The fourth-order valence-electron chi connectivity index (χ4n) is 1.61. The molecule has 1 saturated heterocycles. The van der Waals surface area contributed by atoms with E-state index in [0.717, 1.165) is 0 Å². The van der Waals surface area contributed by atoms with Crippen LogP contribution in [0.1, 0.15) is 12.8 Å². The molecule has 1 rings (SSSR count). The summed E-state index contributed by atoms with van der Waals surface area (Å²) in [6.07, 6.45) is -1.99. The first-order valence-corrected chi connectivity index (χ1v) is 5.67. The first kappa shape index (κ1) is 18.2. The highest BCUT2D eigenvalue weighted by Crippen LogP contribution is 2.17. The summed E-state index contributed by atoms with van der Waals surface area (Å²) in [5, 5.41) is 31.3. The monoisotopic (exact) mass is 294 g/mol. The molecule has 0 saturated carbocycles. The van der Waals surface area contributed by atoms with Crippen molar-refractivity contribution in [3.8, 4) is 0 Å². The van der Waals surface area contributed by atoms with Crippen LogP contribution >= 0.6 is 0 Å². The Labute approximate surface area is 114 Å². The second kappa shape index (κ2) is 7.75. The van der Waals surface area contributed by atoms with Gasteiger partial charge in [0.05, 0.1) is 12.8 Å². The van der Waals surface area contributed by atoms with E-state index in [1.165, 1.54) is 5.06 Å². The van der Waals surface area contributed by atoms with Crippen LogP contribution in [0.2, 0.25) is 0 Å². The Morgan fingerprint density at radius 2 is 1.70 bits per heavy atom. The highest BCUT2D eigenvalue weighted by atomic mass is 16.7.